The number of fused-ring (bicyclic) bond motifs is 7. The van der Waals surface area contributed by atoms with Crippen LogP contribution in [0.3, 0.4) is 0 Å². The Labute approximate surface area is 191 Å². The molecule has 172 valence electrons. The highest BCUT2D eigenvalue weighted by atomic mass is 19.1. The number of nitrogens with zero attached hydrogens (tertiary/aromatic N) is 1. The Kier molecular flexibility index (Phi) is 4.58. The van der Waals surface area contributed by atoms with Crippen molar-refractivity contribution in [3.8, 4) is 6.07 Å². The topological polar surface area (TPSA) is 57.9 Å². The van der Waals surface area contributed by atoms with Crippen molar-refractivity contribution in [1.29, 1.82) is 5.26 Å². The standard InChI is InChI=1S/C28H36FNO2/c1-16-18-6-7-26(4)20(19(18)12-17(15-30)24(16)32)13-22(31)23-21-14-25(2,3)8-10-28(21,29)11-9-27(23,26)5/h12-13,16,18-19,21,23H,6-11,14H2,1-5H3. The molecule has 0 aliphatic heterocycles. The molecule has 5 aliphatic carbocycles. The van der Waals surface area contributed by atoms with Gasteiger partial charge in [0.15, 0.2) is 11.6 Å². The van der Waals surface area contributed by atoms with Gasteiger partial charge in [0.25, 0.3) is 0 Å². The molecule has 32 heavy (non-hydrogen) atoms. The van der Waals surface area contributed by atoms with Crippen LogP contribution in [0.2, 0.25) is 0 Å². The molecule has 8 atom stereocenters. The predicted molar refractivity (Wildman–Crippen MR) is 121 cm³/mol. The Bertz CT molecular complexity index is 1000. The fourth-order valence-electron chi connectivity index (χ4n) is 8.60. The highest BCUT2D eigenvalue weighted by molar-refractivity contribution is 6.02. The number of ketones is 2. The molecule has 5 aliphatic rings. The highest BCUT2D eigenvalue weighted by Crippen LogP contribution is 2.70. The Morgan fingerprint density at radius 3 is 2.44 bits per heavy atom. The zero-order chi connectivity index (χ0) is 23.3. The van der Waals surface area contributed by atoms with Gasteiger partial charge in [0.05, 0.1) is 5.57 Å². The molecular weight excluding hydrogens is 401 g/mol. The molecular formula is C28H36FNO2. The fourth-order valence-corrected chi connectivity index (χ4v) is 8.60. The summed E-state index contributed by atoms with van der Waals surface area (Å²) in [6, 6.07) is 2.10. The normalized spacial score (nSPS) is 49.5. The van der Waals surface area contributed by atoms with Gasteiger partial charge in [-0.1, -0.05) is 46.3 Å². The van der Waals surface area contributed by atoms with Gasteiger partial charge in [-0.2, -0.15) is 5.26 Å². The third-order valence-corrected chi connectivity index (χ3v) is 10.9. The zero-order valence-electron chi connectivity index (χ0n) is 20.1. The van der Waals surface area contributed by atoms with E-state index < -0.39 is 5.67 Å². The van der Waals surface area contributed by atoms with E-state index in [-0.39, 0.29) is 63.0 Å². The molecule has 0 amide bonds. The van der Waals surface area contributed by atoms with Crippen molar-refractivity contribution in [2.24, 2.45) is 45.8 Å². The van der Waals surface area contributed by atoms with Gasteiger partial charge in [0.2, 0.25) is 0 Å². The maximum Gasteiger partial charge on any atom is 0.176 e. The largest absolute Gasteiger partial charge is 0.295 e. The van der Waals surface area contributed by atoms with Crippen LogP contribution in [-0.4, -0.2) is 17.2 Å². The number of Topliss-reactive ketones (excluding diaryl/α,β-unsaturated/α-hetero) is 1. The Balaban J connectivity index is 1.63. The summed E-state index contributed by atoms with van der Waals surface area (Å²) in [6.45, 7) is 10.9. The van der Waals surface area contributed by atoms with Crippen molar-refractivity contribution >= 4 is 11.6 Å². The SMILES string of the molecule is CC1C(=O)C(C#N)=CC2C3=CC(=O)C4C5CC(C)(C)CCC5(F)CCC4(C)C3(C)CCC12. The molecule has 5 rings (SSSR count). The molecule has 3 nitrogen and oxygen atoms in total. The Morgan fingerprint density at radius 1 is 1.06 bits per heavy atom. The quantitative estimate of drug-likeness (QED) is 0.457. The third kappa shape index (κ3) is 2.69. The van der Waals surface area contributed by atoms with E-state index in [4.69, 9.17) is 0 Å². The molecule has 8 unspecified atom stereocenters. The first-order valence-corrected chi connectivity index (χ1v) is 12.5. The lowest BCUT2D eigenvalue weighted by Crippen LogP contribution is -2.63. The zero-order valence-corrected chi connectivity index (χ0v) is 20.1. The van der Waals surface area contributed by atoms with E-state index in [0.717, 1.165) is 37.7 Å². The van der Waals surface area contributed by atoms with Gasteiger partial charge in [0, 0.05) is 23.7 Å². The van der Waals surface area contributed by atoms with Crippen molar-refractivity contribution in [2.75, 3.05) is 0 Å². The van der Waals surface area contributed by atoms with E-state index >= 15 is 4.39 Å². The van der Waals surface area contributed by atoms with Crippen LogP contribution in [0.1, 0.15) is 79.6 Å². The summed E-state index contributed by atoms with van der Waals surface area (Å²) in [5.74, 6) is -0.582. The van der Waals surface area contributed by atoms with Gasteiger partial charge in [-0.3, -0.25) is 9.59 Å². The Hall–Kier alpha value is -1.76. The average Bonchev–Trinajstić information content (AvgIpc) is 2.73. The molecule has 4 heteroatoms. The lowest BCUT2D eigenvalue weighted by atomic mass is 9.38. The minimum absolute atomic E-state index is 0.0438. The van der Waals surface area contributed by atoms with E-state index in [9.17, 15) is 14.9 Å². The minimum atomic E-state index is -1.23. The summed E-state index contributed by atoms with van der Waals surface area (Å²) in [5.41, 5.74) is -0.334. The summed E-state index contributed by atoms with van der Waals surface area (Å²) in [5, 5.41) is 9.56. The van der Waals surface area contributed by atoms with Crippen molar-refractivity contribution in [3.05, 3.63) is 23.3 Å². The molecule has 0 heterocycles. The van der Waals surface area contributed by atoms with Crippen LogP contribution in [0.15, 0.2) is 23.3 Å². The molecule has 0 spiro atoms. The van der Waals surface area contributed by atoms with E-state index in [1.165, 1.54) is 0 Å². The average molecular weight is 438 g/mol. The maximum absolute atomic E-state index is 16.2. The van der Waals surface area contributed by atoms with E-state index in [0.29, 0.717) is 12.8 Å². The first-order valence-electron chi connectivity index (χ1n) is 12.5. The number of allylic oxidation sites excluding steroid dienone is 4. The third-order valence-electron chi connectivity index (χ3n) is 10.9. The van der Waals surface area contributed by atoms with Gasteiger partial charge >= 0.3 is 0 Å². The summed E-state index contributed by atoms with van der Waals surface area (Å²) in [7, 11) is 0. The van der Waals surface area contributed by atoms with E-state index in [1.54, 1.807) is 0 Å². The van der Waals surface area contributed by atoms with Crippen LogP contribution < -0.4 is 0 Å². The van der Waals surface area contributed by atoms with Crippen molar-refractivity contribution in [2.45, 2.75) is 85.2 Å². The number of carbonyl (C=O) groups excluding carboxylic acids is 2. The van der Waals surface area contributed by atoms with Gasteiger partial charge in [-0.15, -0.1) is 0 Å². The molecule has 0 saturated heterocycles. The molecule has 0 bridgehead atoms. The molecule has 0 radical (unpaired) electrons. The smallest absolute Gasteiger partial charge is 0.176 e. The van der Waals surface area contributed by atoms with Crippen LogP contribution in [0.25, 0.3) is 0 Å². The molecule has 0 aromatic carbocycles. The molecule has 0 N–H and O–H groups in total. The molecule has 3 fully saturated rings. The van der Waals surface area contributed by atoms with Crippen LogP contribution in [0.5, 0.6) is 0 Å². The predicted octanol–water partition coefficient (Wildman–Crippen LogP) is 6.15. The number of hydrogen-bond donors (Lipinski definition) is 0. The summed E-state index contributed by atoms with van der Waals surface area (Å²) < 4.78 is 16.2. The monoisotopic (exact) mass is 437 g/mol. The van der Waals surface area contributed by atoms with Crippen LogP contribution >= 0.6 is 0 Å². The number of halogens is 1. The second kappa shape index (κ2) is 6.64. The van der Waals surface area contributed by atoms with Gasteiger partial charge in [0.1, 0.15) is 11.7 Å². The number of hydrogen-bond acceptors (Lipinski definition) is 3. The lowest BCUT2D eigenvalue weighted by molar-refractivity contribution is -0.171. The second-order valence-electron chi connectivity index (χ2n) is 12.8. The minimum Gasteiger partial charge on any atom is -0.295 e. The lowest BCUT2D eigenvalue weighted by Gasteiger charge is -2.65. The second-order valence-corrected chi connectivity index (χ2v) is 12.8. The fraction of sp³-hybridized carbons (Fsp3) is 0.750. The molecule has 0 aromatic rings. The summed E-state index contributed by atoms with van der Waals surface area (Å²) >= 11 is 0. The maximum atomic E-state index is 16.2. The van der Waals surface area contributed by atoms with Crippen LogP contribution in [-0.2, 0) is 9.59 Å². The highest BCUT2D eigenvalue weighted by Gasteiger charge is 2.67. The number of rotatable bonds is 0. The van der Waals surface area contributed by atoms with Gasteiger partial charge < -0.3 is 0 Å². The van der Waals surface area contributed by atoms with Crippen LogP contribution in [0.4, 0.5) is 4.39 Å². The first-order chi connectivity index (χ1) is 14.9. The van der Waals surface area contributed by atoms with Crippen LogP contribution in [0, 0.1) is 57.2 Å². The van der Waals surface area contributed by atoms with Crippen molar-refractivity contribution in [3.63, 3.8) is 0 Å². The Morgan fingerprint density at radius 2 is 1.75 bits per heavy atom. The summed E-state index contributed by atoms with van der Waals surface area (Å²) in [4.78, 5) is 26.5. The van der Waals surface area contributed by atoms with E-state index in [1.807, 2.05) is 19.1 Å². The first kappa shape index (κ1) is 22.1. The number of carbonyl (C=O) groups is 2. The summed E-state index contributed by atoms with van der Waals surface area (Å²) in [6.07, 6.45) is 9.00. The molecule has 3 saturated carbocycles. The number of nitriles is 1. The van der Waals surface area contributed by atoms with E-state index in [2.05, 4.69) is 33.8 Å². The number of alkyl halides is 1. The van der Waals surface area contributed by atoms with Crippen molar-refractivity contribution in [1.82, 2.24) is 0 Å². The van der Waals surface area contributed by atoms with Gasteiger partial charge in [-0.25, -0.2) is 4.39 Å². The van der Waals surface area contributed by atoms with Gasteiger partial charge in [-0.05, 0) is 73.2 Å². The molecule has 0 aromatic heterocycles. The van der Waals surface area contributed by atoms with Crippen molar-refractivity contribution < 1.29 is 14.0 Å².